The van der Waals surface area contributed by atoms with Crippen LogP contribution < -0.4 is 0 Å². The molecule has 0 atom stereocenters. The minimum absolute atomic E-state index is 0.549. The third kappa shape index (κ3) is 11.7. The Morgan fingerprint density at radius 2 is 0.404 bits per heavy atom. The molecule has 0 saturated heterocycles. The van der Waals surface area contributed by atoms with E-state index in [-0.39, 0.29) is 0 Å². The molecule has 6 heterocycles. The summed E-state index contributed by atoms with van der Waals surface area (Å²) in [5.41, 5.74) is 25.2. The molecule has 530 valence electrons. The quantitative estimate of drug-likeness (QED) is 0.103. The van der Waals surface area contributed by atoms with E-state index in [1.807, 2.05) is 72.8 Å². The summed E-state index contributed by atoms with van der Waals surface area (Å²) in [4.78, 5) is 42.0. The van der Waals surface area contributed by atoms with Crippen molar-refractivity contribution >= 4 is 87.2 Å². The van der Waals surface area contributed by atoms with Gasteiger partial charge in [0.15, 0.2) is 34.9 Å². The van der Waals surface area contributed by atoms with E-state index in [2.05, 4.69) is 303 Å². The van der Waals surface area contributed by atoms with Crippen LogP contribution in [-0.2, 0) is 0 Å². The standard InChI is InChI=1S/C104H62N8O2/c1-5-19-63(20-6-1)64-35-43-71(44-36-64)102-110-103(112-104(111-102)80-52-56-88-86(62-80)94-84(98(106-88)69-23-9-3-10-24-69)54-58-92-96(94)82-32-14-16-34-90(82)114-92)74-47-39-66(40-48-74)76-28-18-30-78(60-76)77-29-17-27-75(59-77)65-37-45-72(46-38-65)100-107-99(70-25-11-4-12-26-70)108-101(109-100)73-49-41-67(42-50-73)79-51-55-87-85(61-79)93-83(97(105-87)68-21-7-2-8-22-68)53-57-91-95(93)81-31-13-15-33-89(81)113-91/h1-62H. The van der Waals surface area contributed by atoms with Gasteiger partial charge in [-0.25, -0.2) is 39.9 Å². The topological polar surface area (TPSA) is 129 Å². The van der Waals surface area contributed by atoms with Gasteiger partial charge >= 0.3 is 0 Å². The SMILES string of the molecule is c1ccc(-c2ccc(-c3nc(-c4ccc(-c5cccc(-c6cccc(-c7ccc(-c8nc(-c9ccccc9)nc(-c9ccc(-c%10ccc%11nc(-c%12ccccc%12)c%12ccc%13oc%14ccccc%14c%13c%12c%11c%10)cc9)n8)cc7)c6)c5)cc4)nc(-c4ccc5nc(-c6ccccc6)c6ccc7oc8ccccc8c7c6c5c4)n3)cc2)cc1. The van der Waals surface area contributed by atoms with Gasteiger partial charge < -0.3 is 8.83 Å². The molecule has 0 aliphatic carbocycles. The van der Waals surface area contributed by atoms with E-state index < -0.39 is 0 Å². The molecule has 0 spiro atoms. The fourth-order valence-electron chi connectivity index (χ4n) is 16.3. The number of aromatic nitrogens is 8. The lowest BCUT2D eigenvalue weighted by Crippen LogP contribution is -2.00. The Morgan fingerprint density at radius 3 is 0.798 bits per heavy atom. The maximum atomic E-state index is 6.53. The number of furan rings is 2. The molecular formula is C104H62N8O2. The van der Waals surface area contributed by atoms with Crippen LogP contribution in [0, 0.1) is 0 Å². The first-order valence-corrected chi connectivity index (χ1v) is 38.2. The van der Waals surface area contributed by atoms with Crippen LogP contribution in [0.25, 0.3) is 234 Å². The number of rotatable bonds is 13. The van der Waals surface area contributed by atoms with Crippen molar-refractivity contribution in [2.45, 2.75) is 0 Å². The monoisotopic (exact) mass is 1450 g/mol. The van der Waals surface area contributed by atoms with Crippen molar-refractivity contribution in [3.05, 3.63) is 376 Å². The van der Waals surface area contributed by atoms with Gasteiger partial charge in [-0.15, -0.1) is 0 Å². The van der Waals surface area contributed by atoms with Crippen LogP contribution in [0.3, 0.4) is 0 Å². The summed E-state index contributed by atoms with van der Waals surface area (Å²) in [5, 5.41) is 10.6. The van der Waals surface area contributed by atoms with E-state index in [1.165, 1.54) is 0 Å². The van der Waals surface area contributed by atoms with Crippen molar-refractivity contribution < 1.29 is 8.83 Å². The highest BCUT2D eigenvalue weighted by atomic mass is 16.3. The zero-order valence-corrected chi connectivity index (χ0v) is 61.2. The first-order valence-electron chi connectivity index (χ1n) is 38.2. The Morgan fingerprint density at radius 1 is 0.140 bits per heavy atom. The summed E-state index contributed by atoms with van der Waals surface area (Å²) in [7, 11) is 0. The van der Waals surface area contributed by atoms with Crippen LogP contribution in [0.1, 0.15) is 0 Å². The van der Waals surface area contributed by atoms with E-state index in [1.54, 1.807) is 0 Å². The fraction of sp³-hybridized carbons (Fsp3) is 0. The average Bonchev–Trinajstić information content (AvgIpc) is 1.46. The molecule has 10 nitrogen and oxygen atoms in total. The van der Waals surface area contributed by atoms with Crippen LogP contribution in [0.2, 0.25) is 0 Å². The number of nitrogens with zero attached hydrogens (tertiary/aromatic N) is 8. The van der Waals surface area contributed by atoms with Crippen molar-refractivity contribution in [1.82, 2.24) is 39.9 Å². The van der Waals surface area contributed by atoms with E-state index in [0.29, 0.717) is 34.9 Å². The van der Waals surface area contributed by atoms with Gasteiger partial charge in [-0.2, -0.15) is 0 Å². The van der Waals surface area contributed by atoms with Crippen molar-refractivity contribution in [1.29, 1.82) is 0 Å². The Kier molecular flexibility index (Phi) is 15.7. The Hall–Kier alpha value is -15.5. The minimum atomic E-state index is 0.549. The molecular weight excluding hydrogens is 1390 g/mol. The molecule has 0 aliphatic rings. The van der Waals surface area contributed by atoms with Gasteiger partial charge in [0.05, 0.1) is 22.4 Å². The molecule has 22 aromatic rings. The van der Waals surface area contributed by atoms with Gasteiger partial charge in [-0.1, -0.05) is 297 Å². The second-order valence-corrected chi connectivity index (χ2v) is 28.9. The Labute approximate surface area is 654 Å². The summed E-state index contributed by atoms with van der Waals surface area (Å²) in [6.45, 7) is 0. The molecule has 114 heavy (non-hydrogen) atoms. The maximum Gasteiger partial charge on any atom is 0.164 e. The molecule has 22 rings (SSSR count). The van der Waals surface area contributed by atoms with Crippen molar-refractivity contribution in [2.24, 2.45) is 0 Å². The van der Waals surface area contributed by atoms with E-state index >= 15 is 0 Å². The van der Waals surface area contributed by atoms with E-state index in [0.717, 1.165) is 199 Å². The summed E-state index contributed by atoms with van der Waals surface area (Å²) in [6.07, 6.45) is 0. The molecule has 0 amide bonds. The molecule has 0 bridgehead atoms. The highest BCUT2D eigenvalue weighted by Crippen LogP contribution is 2.46. The maximum absolute atomic E-state index is 6.53. The zero-order chi connectivity index (χ0) is 75.2. The number of benzene rings is 16. The molecule has 0 fully saturated rings. The fourth-order valence-corrected chi connectivity index (χ4v) is 16.3. The van der Waals surface area contributed by atoms with Gasteiger partial charge in [0.25, 0.3) is 0 Å². The van der Waals surface area contributed by atoms with Crippen LogP contribution in [-0.4, -0.2) is 39.9 Å². The summed E-state index contributed by atoms with van der Waals surface area (Å²) in [5.74, 6) is 3.44. The predicted octanol–water partition coefficient (Wildman–Crippen LogP) is 26.9. The number of fused-ring (bicyclic) bond motifs is 14. The van der Waals surface area contributed by atoms with E-state index in [4.69, 9.17) is 48.7 Å². The summed E-state index contributed by atoms with van der Waals surface area (Å²) >= 11 is 0. The summed E-state index contributed by atoms with van der Waals surface area (Å²) in [6, 6.07) is 131. The van der Waals surface area contributed by atoms with Gasteiger partial charge in [-0.05, 0) is 134 Å². The summed E-state index contributed by atoms with van der Waals surface area (Å²) < 4.78 is 13.0. The van der Waals surface area contributed by atoms with Crippen molar-refractivity contribution in [3.8, 4) is 146 Å². The molecule has 0 saturated carbocycles. The highest BCUT2D eigenvalue weighted by molar-refractivity contribution is 6.30. The number of hydrogen-bond acceptors (Lipinski definition) is 10. The van der Waals surface area contributed by atoms with Gasteiger partial charge in [0.1, 0.15) is 22.3 Å². The van der Waals surface area contributed by atoms with Gasteiger partial charge in [0.2, 0.25) is 0 Å². The lowest BCUT2D eigenvalue weighted by atomic mass is 9.94. The Balaban J connectivity index is 0.562. The normalized spacial score (nSPS) is 11.7. The third-order valence-corrected chi connectivity index (χ3v) is 22.0. The molecule has 16 aromatic carbocycles. The van der Waals surface area contributed by atoms with Crippen LogP contribution in [0.4, 0.5) is 0 Å². The van der Waals surface area contributed by atoms with Gasteiger partial charge in [-0.3, -0.25) is 0 Å². The lowest BCUT2D eigenvalue weighted by molar-refractivity contribution is 0.669. The minimum Gasteiger partial charge on any atom is -0.456 e. The van der Waals surface area contributed by atoms with Crippen molar-refractivity contribution in [3.63, 3.8) is 0 Å². The first-order chi connectivity index (χ1) is 56.4. The van der Waals surface area contributed by atoms with Crippen LogP contribution >= 0.6 is 0 Å². The molecule has 0 unspecified atom stereocenters. The lowest BCUT2D eigenvalue weighted by Gasteiger charge is -2.13. The molecule has 0 N–H and O–H groups in total. The van der Waals surface area contributed by atoms with Crippen LogP contribution in [0.15, 0.2) is 385 Å². The second kappa shape index (κ2) is 27.2. The third-order valence-electron chi connectivity index (χ3n) is 22.0. The Bertz CT molecular complexity index is 7540. The predicted molar refractivity (Wildman–Crippen MR) is 464 cm³/mol. The highest BCUT2D eigenvalue weighted by Gasteiger charge is 2.23. The molecule has 0 radical (unpaired) electrons. The van der Waals surface area contributed by atoms with E-state index in [9.17, 15) is 0 Å². The molecule has 10 heteroatoms. The molecule has 0 aliphatic heterocycles. The first kappa shape index (κ1) is 65.6. The van der Waals surface area contributed by atoms with Gasteiger partial charge in [0, 0.05) is 98.4 Å². The van der Waals surface area contributed by atoms with Crippen molar-refractivity contribution in [2.75, 3.05) is 0 Å². The number of hydrogen-bond donors (Lipinski definition) is 0. The zero-order valence-electron chi connectivity index (χ0n) is 61.2. The smallest absolute Gasteiger partial charge is 0.164 e. The number of para-hydroxylation sites is 2. The average molecular weight is 1460 g/mol. The second-order valence-electron chi connectivity index (χ2n) is 28.9. The number of pyridine rings is 2. The largest absolute Gasteiger partial charge is 0.456 e. The molecule has 6 aromatic heterocycles. The van der Waals surface area contributed by atoms with Crippen LogP contribution in [0.5, 0.6) is 0 Å².